The molecule has 1 aliphatic carbocycles. The normalized spacial score (nSPS) is 23.2. The van der Waals surface area contributed by atoms with Crippen molar-refractivity contribution < 1.29 is 13.2 Å². The maximum Gasteiger partial charge on any atom is 0.233 e. The highest BCUT2D eigenvalue weighted by atomic mass is 32.2. The molecule has 3 heterocycles. The third-order valence-electron chi connectivity index (χ3n) is 5.80. The van der Waals surface area contributed by atoms with E-state index in [2.05, 4.69) is 16.9 Å². The first-order valence-corrected chi connectivity index (χ1v) is 13.6. The topological polar surface area (TPSA) is 106 Å². The molecule has 158 valence electrons. The van der Waals surface area contributed by atoms with Crippen LogP contribution in [0.2, 0.25) is 0 Å². The van der Waals surface area contributed by atoms with Gasteiger partial charge in [-0.2, -0.15) is 0 Å². The van der Waals surface area contributed by atoms with E-state index < -0.39 is 9.84 Å². The molecule has 0 spiro atoms. The first kappa shape index (κ1) is 20.9. The SMILES string of the molecule is CCN(C(=O)CSc1nc(N)c2c3c(sc2n1)CC(C)CC3)C1CCS(=O)(=O)C1. The van der Waals surface area contributed by atoms with Crippen LogP contribution in [-0.4, -0.2) is 59.0 Å². The second-order valence-corrected chi connectivity index (χ2v) is 12.2. The molecule has 2 atom stereocenters. The minimum atomic E-state index is -3.03. The molecule has 2 aliphatic rings. The molecule has 7 nitrogen and oxygen atoms in total. The van der Waals surface area contributed by atoms with Gasteiger partial charge in [-0.25, -0.2) is 18.4 Å². The summed E-state index contributed by atoms with van der Waals surface area (Å²) in [5, 5.41) is 1.49. The van der Waals surface area contributed by atoms with Crippen LogP contribution in [0.1, 0.15) is 37.1 Å². The number of sulfone groups is 1. The number of carbonyl (C=O) groups is 1. The Hall–Kier alpha value is -1.39. The Labute approximate surface area is 179 Å². The molecule has 2 aromatic heterocycles. The number of thioether (sulfide) groups is 1. The van der Waals surface area contributed by atoms with Gasteiger partial charge in [0, 0.05) is 17.5 Å². The van der Waals surface area contributed by atoms with Gasteiger partial charge >= 0.3 is 0 Å². The summed E-state index contributed by atoms with van der Waals surface area (Å²) in [4.78, 5) is 25.8. The summed E-state index contributed by atoms with van der Waals surface area (Å²) in [6.07, 6.45) is 3.76. The molecule has 1 saturated heterocycles. The Morgan fingerprint density at radius 3 is 2.83 bits per heavy atom. The average molecular weight is 455 g/mol. The Morgan fingerprint density at radius 2 is 2.14 bits per heavy atom. The lowest BCUT2D eigenvalue weighted by Crippen LogP contribution is -2.41. The maximum atomic E-state index is 12.7. The number of carbonyl (C=O) groups excluding carboxylic acids is 1. The molecule has 2 N–H and O–H groups in total. The molecule has 2 unspecified atom stereocenters. The first-order chi connectivity index (χ1) is 13.8. The Morgan fingerprint density at radius 1 is 1.34 bits per heavy atom. The van der Waals surface area contributed by atoms with Crippen molar-refractivity contribution in [1.82, 2.24) is 14.9 Å². The van der Waals surface area contributed by atoms with Crippen LogP contribution in [0.5, 0.6) is 0 Å². The van der Waals surface area contributed by atoms with Crippen molar-refractivity contribution in [2.45, 2.75) is 50.7 Å². The Kier molecular flexibility index (Phi) is 5.78. The number of nitrogens with zero attached hydrogens (tertiary/aromatic N) is 3. The molecule has 0 saturated carbocycles. The van der Waals surface area contributed by atoms with Gasteiger partial charge < -0.3 is 10.6 Å². The van der Waals surface area contributed by atoms with E-state index >= 15 is 0 Å². The summed E-state index contributed by atoms with van der Waals surface area (Å²) in [6, 6.07) is -0.224. The molecule has 0 aromatic carbocycles. The number of thiophene rings is 1. The summed E-state index contributed by atoms with van der Waals surface area (Å²) in [5.74, 6) is 1.48. The van der Waals surface area contributed by atoms with Crippen LogP contribution in [0.25, 0.3) is 10.2 Å². The average Bonchev–Trinajstić information content (AvgIpc) is 3.19. The first-order valence-electron chi connectivity index (χ1n) is 9.98. The van der Waals surface area contributed by atoms with Crippen molar-refractivity contribution in [3.05, 3.63) is 10.4 Å². The number of hydrogen-bond donors (Lipinski definition) is 1. The van der Waals surface area contributed by atoms with Crippen molar-refractivity contribution in [2.75, 3.05) is 29.5 Å². The highest BCUT2D eigenvalue weighted by Crippen LogP contribution is 2.40. The summed E-state index contributed by atoms with van der Waals surface area (Å²) >= 11 is 2.96. The van der Waals surface area contributed by atoms with Crippen LogP contribution >= 0.6 is 23.1 Å². The summed E-state index contributed by atoms with van der Waals surface area (Å²) in [6.45, 7) is 4.65. The van der Waals surface area contributed by atoms with Crippen LogP contribution in [0.3, 0.4) is 0 Å². The number of amides is 1. The number of anilines is 1. The zero-order valence-electron chi connectivity index (χ0n) is 16.7. The largest absolute Gasteiger partial charge is 0.383 e. The third kappa shape index (κ3) is 4.25. The van der Waals surface area contributed by atoms with Crippen molar-refractivity contribution in [2.24, 2.45) is 5.92 Å². The van der Waals surface area contributed by atoms with Crippen molar-refractivity contribution in [3.63, 3.8) is 0 Å². The zero-order chi connectivity index (χ0) is 20.8. The van der Waals surface area contributed by atoms with E-state index in [4.69, 9.17) is 5.73 Å². The van der Waals surface area contributed by atoms with E-state index in [0.717, 1.165) is 29.5 Å². The molecule has 1 amide bonds. The minimum Gasteiger partial charge on any atom is -0.383 e. The fourth-order valence-corrected chi connectivity index (χ4v) is 8.20. The minimum absolute atomic E-state index is 0.0613. The van der Waals surface area contributed by atoms with Gasteiger partial charge in [0.25, 0.3) is 0 Å². The van der Waals surface area contributed by atoms with Crippen LogP contribution in [0.15, 0.2) is 5.16 Å². The van der Waals surface area contributed by atoms with Gasteiger partial charge in [-0.15, -0.1) is 11.3 Å². The maximum absolute atomic E-state index is 12.7. The lowest BCUT2D eigenvalue weighted by Gasteiger charge is -2.26. The standard InChI is InChI=1S/C19H26N4O3S3/c1-3-23(12-6-7-29(25,26)10-12)15(24)9-27-19-21-17(20)16-13-5-4-11(2)8-14(13)28-18(16)22-19/h11-12H,3-10H2,1-2H3,(H2,20,21,22). The lowest BCUT2D eigenvalue weighted by molar-refractivity contribution is -0.129. The van der Waals surface area contributed by atoms with Gasteiger partial charge in [0.05, 0.1) is 22.6 Å². The van der Waals surface area contributed by atoms with Crippen molar-refractivity contribution >= 4 is 54.9 Å². The number of fused-ring (bicyclic) bond motifs is 3. The predicted molar refractivity (Wildman–Crippen MR) is 118 cm³/mol. The van der Waals surface area contributed by atoms with E-state index in [1.165, 1.54) is 22.2 Å². The Bertz CT molecular complexity index is 1050. The third-order valence-corrected chi connectivity index (χ3v) is 9.53. The second-order valence-electron chi connectivity index (χ2n) is 7.95. The molecule has 1 aliphatic heterocycles. The number of nitrogens with two attached hydrogens (primary N) is 1. The van der Waals surface area contributed by atoms with Gasteiger partial charge in [-0.1, -0.05) is 18.7 Å². The quantitative estimate of drug-likeness (QED) is 0.546. The lowest BCUT2D eigenvalue weighted by atomic mass is 9.89. The molecule has 0 bridgehead atoms. The van der Waals surface area contributed by atoms with Gasteiger partial charge in [-0.05, 0) is 44.1 Å². The fraction of sp³-hybridized carbons (Fsp3) is 0.632. The molecular formula is C19H26N4O3S3. The van der Waals surface area contributed by atoms with E-state index in [1.54, 1.807) is 16.2 Å². The number of hydrogen-bond acceptors (Lipinski definition) is 8. The zero-order valence-corrected chi connectivity index (χ0v) is 19.1. The molecule has 29 heavy (non-hydrogen) atoms. The van der Waals surface area contributed by atoms with Crippen molar-refractivity contribution in [3.8, 4) is 0 Å². The molecule has 4 rings (SSSR count). The number of aryl methyl sites for hydroxylation is 1. The van der Waals surface area contributed by atoms with Crippen LogP contribution in [0.4, 0.5) is 5.82 Å². The van der Waals surface area contributed by atoms with Crippen molar-refractivity contribution in [1.29, 1.82) is 0 Å². The monoisotopic (exact) mass is 454 g/mol. The van der Waals surface area contributed by atoms with Gasteiger partial charge in [0.1, 0.15) is 10.6 Å². The van der Waals surface area contributed by atoms with E-state index in [0.29, 0.717) is 29.9 Å². The smallest absolute Gasteiger partial charge is 0.233 e. The van der Waals surface area contributed by atoms with Crippen LogP contribution in [0, 0.1) is 5.92 Å². The highest BCUT2D eigenvalue weighted by Gasteiger charge is 2.34. The molecular weight excluding hydrogens is 428 g/mol. The van der Waals surface area contributed by atoms with Gasteiger partial charge in [0.2, 0.25) is 5.91 Å². The van der Waals surface area contributed by atoms with Gasteiger partial charge in [-0.3, -0.25) is 4.79 Å². The molecule has 2 aromatic rings. The van der Waals surface area contributed by atoms with E-state index in [-0.39, 0.29) is 29.2 Å². The van der Waals surface area contributed by atoms with E-state index in [9.17, 15) is 13.2 Å². The predicted octanol–water partition coefficient (Wildman–Crippen LogP) is 2.53. The number of nitrogen functional groups attached to an aromatic ring is 1. The molecule has 1 fully saturated rings. The van der Waals surface area contributed by atoms with Gasteiger partial charge in [0.15, 0.2) is 15.0 Å². The number of aromatic nitrogens is 2. The number of rotatable bonds is 5. The van der Waals surface area contributed by atoms with Crippen LogP contribution in [-0.2, 0) is 27.5 Å². The molecule has 0 radical (unpaired) electrons. The van der Waals surface area contributed by atoms with E-state index in [1.807, 2.05) is 6.92 Å². The molecule has 10 heteroatoms. The second kappa shape index (κ2) is 8.03. The highest BCUT2D eigenvalue weighted by molar-refractivity contribution is 7.99. The Balaban J connectivity index is 1.49. The van der Waals surface area contributed by atoms with Crippen LogP contribution < -0.4 is 5.73 Å². The summed E-state index contributed by atoms with van der Waals surface area (Å²) < 4.78 is 23.5. The summed E-state index contributed by atoms with van der Waals surface area (Å²) in [5.41, 5.74) is 7.56. The fourth-order valence-electron chi connectivity index (χ4n) is 4.28. The summed E-state index contributed by atoms with van der Waals surface area (Å²) in [7, 11) is -3.03.